The molecule has 0 saturated heterocycles. The molecule has 0 bridgehead atoms. The molecule has 20 heavy (non-hydrogen) atoms. The minimum atomic E-state index is -4.73. The number of amides is 1. The SMILES string of the molecule is CN(C(=O)O)c1sc(-c2cccnc2)nc1C(F)(F)F. The van der Waals surface area contributed by atoms with E-state index >= 15 is 0 Å². The van der Waals surface area contributed by atoms with Crippen LogP contribution in [0.3, 0.4) is 0 Å². The van der Waals surface area contributed by atoms with Crippen LogP contribution in [-0.4, -0.2) is 28.2 Å². The van der Waals surface area contributed by atoms with Gasteiger partial charge in [-0.2, -0.15) is 13.2 Å². The number of thiazole rings is 1. The summed E-state index contributed by atoms with van der Waals surface area (Å²) in [5, 5.41) is 8.43. The van der Waals surface area contributed by atoms with Gasteiger partial charge in [0.2, 0.25) is 0 Å². The molecule has 0 unspecified atom stereocenters. The Bertz CT molecular complexity index is 628. The van der Waals surface area contributed by atoms with E-state index in [0.717, 1.165) is 7.05 Å². The van der Waals surface area contributed by atoms with E-state index in [-0.39, 0.29) is 5.01 Å². The van der Waals surface area contributed by atoms with Crippen molar-refractivity contribution in [3.05, 3.63) is 30.2 Å². The first-order chi connectivity index (χ1) is 9.30. The number of hydrogen-bond donors (Lipinski definition) is 1. The van der Waals surface area contributed by atoms with Crippen molar-refractivity contribution in [3.63, 3.8) is 0 Å². The number of nitrogens with zero attached hydrogens (tertiary/aromatic N) is 3. The minimum absolute atomic E-state index is 0.0634. The van der Waals surface area contributed by atoms with Crippen molar-refractivity contribution >= 4 is 22.4 Å². The van der Waals surface area contributed by atoms with E-state index in [1.54, 1.807) is 12.1 Å². The van der Waals surface area contributed by atoms with Crippen LogP contribution >= 0.6 is 11.3 Å². The summed E-state index contributed by atoms with van der Waals surface area (Å²) in [6.07, 6.45) is -3.37. The standard InChI is InChI=1S/C11H8F3N3O2S/c1-17(10(18)19)9-7(11(12,13)14)16-8(20-9)6-3-2-4-15-5-6/h2-5H,1H3,(H,18,19). The van der Waals surface area contributed by atoms with Crippen molar-refractivity contribution < 1.29 is 23.1 Å². The largest absolute Gasteiger partial charge is 0.465 e. The van der Waals surface area contributed by atoms with Gasteiger partial charge >= 0.3 is 12.3 Å². The Morgan fingerprint density at radius 1 is 1.45 bits per heavy atom. The van der Waals surface area contributed by atoms with Crippen molar-refractivity contribution in [3.8, 4) is 10.6 Å². The number of carboxylic acid groups (broad SMARTS) is 1. The highest BCUT2D eigenvalue weighted by Crippen LogP contribution is 2.42. The summed E-state index contributed by atoms with van der Waals surface area (Å²) in [6, 6.07) is 3.11. The molecule has 0 fully saturated rings. The number of alkyl halides is 3. The first-order valence-electron chi connectivity index (χ1n) is 5.25. The molecule has 106 valence electrons. The van der Waals surface area contributed by atoms with Crippen LogP contribution in [0.2, 0.25) is 0 Å². The zero-order valence-corrected chi connectivity index (χ0v) is 10.9. The predicted octanol–water partition coefficient (Wildman–Crippen LogP) is 3.34. The average molecular weight is 303 g/mol. The Hall–Kier alpha value is -2.16. The van der Waals surface area contributed by atoms with Crippen molar-refractivity contribution in [2.24, 2.45) is 0 Å². The molecule has 0 aliphatic carbocycles. The molecule has 2 aromatic rings. The van der Waals surface area contributed by atoms with Crippen molar-refractivity contribution in [2.75, 3.05) is 11.9 Å². The molecule has 2 rings (SSSR count). The summed E-state index contributed by atoms with van der Waals surface area (Å²) >= 11 is 0.650. The molecule has 0 atom stereocenters. The lowest BCUT2D eigenvalue weighted by molar-refractivity contribution is -0.140. The van der Waals surface area contributed by atoms with E-state index in [0.29, 0.717) is 21.8 Å². The normalized spacial score (nSPS) is 11.4. The molecular formula is C11H8F3N3O2S. The predicted molar refractivity (Wildman–Crippen MR) is 66.8 cm³/mol. The first-order valence-corrected chi connectivity index (χ1v) is 6.07. The summed E-state index contributed by atoms with van der Waals surface area (Å²) in [6.45, 7) is 0. The summed E-state index contributed by atoms with van der Waals surface area (Å²) in [7, 11) is 1.04. The Morgan fingerprint density at radius 3 is 2.65 bits per heavy atom. The average Bonchev–Trinajstić information content (AvgIpc) is 2.83. The monoisotopic (exact) mass is 303 g/mol. The van der Waals surface area contributed by atoms with Gasteiger partial charge in [-0.05, 0) is 12.1 Å². The van der Waals surface area contributed by atoms with Gasteiger partial charge in [0.25, 0.3) is 0 Å². The van der Waals surface area contributed by atoms with Crippen LogP contribution in [0.5, 0.6) is 0 Å². The third-order valence-electron chi connectivity index (χ3n) is 2.38. The summed E-state index contributed by atoms with van der Waals surface area (Å²) in [4.78, 5) is 18.7. The Labute approximate surface area is 115 Å². The van der Waals surface area contributed by atoms with Gasteiger partial charge in [-0.15, -0.1) is 0 Å². The maximum absolute atomic E-state index is 12.9. The van der Waals surface area contributed by atoms with Gasteiger partial charge in [-0.1, -0.05) is 11.3 Å². The molecule has 0 aromatic carbocycles. The number of aromatic nitrogens is 2. The molecule has 2 heterocycles. The number of rotatable bonds is 2. The zero-order valence-electron chi connectivity index (χ0n) is 10.0. The second kappa shape index (κ2) is 5.08. The van der Waals surface area contributed by atoms with Crippen LogP contribution < -0.4 is 4.90 Å². The molecule has 2 aromatic heterocycles. The molecule has 1 amide bonds. The van der Waals surface area contributed by atoms with Gasteiger partial charge in [0, 0.05) is 25.0 Å². The van der Waals surface area contributed by atoms with Gasteiger partial charge in [-0.25, -0.2) is 9.78 Å². The lowest BCUT2D eigenvalue weighted by Gasteiger charge is -2.13. The number of hydrogen-bond acceptors (Lipinski definition) is 4. The third kappa shape index (κ3) is 2.72. The fourth-order valence-corrected chi connectivity index (χ4v) is 2.46. The molecule has 5 nitrogen and oxygen atoms in total. The fourth-order valence-electron chi connectivity index (χ4n) is 1.42. The highest BCUT2D eigenvalue weighted by Gasteiger charge is 2.39. The Balaban J connectivity index is 2.56. The maximum atomic E-state index is 12.9. The van der Waals surface area contributed by atoms with E-state index in [1.807, 2.05) is 0 Å². The molecule has 0 spiro atoms. The second-order valence-electron chi connectivity index (χ2n) is 3.75. The van der Waals surface area contributed by atoms with Crippen LogP contribution in [0.1, 0.15) is 5.69 Å². The zero-order chi connectivity index (χ0) is 14.9. The van der Waals surface area contributed by atoms with Crippen molar-refractivity contribution in [2.45, 2.75) is 6.18 Å². The Kier molecular flexibility index (Phi) is 3.62. The van der Waals surface area contributed by atoms with Crippen LogP contribution in [0.4, 0.5) is 23.0 Å². The highest BCUT2D eigenvalue weighted by molar-refractivity contribution is 7.19. The molecule has 0 radical (unpaired) electrons. The molecule has 1 N–H and O–H groups in total. The van der Waals surface area contributed by atoms with Gasteiger partial charge in [0.1, 0.15) is 10.0 Å². The second-order valence-corrected chi connectivity index (χ2v) is 4.73. The van der Waals surface area contributed by atoms with Crippen LogP contribution in [0.15, 0.2) is 24.5 Å². The minimum Gasteiger partial charge on any atom is -0.465 e. The molecular weight excluding hydrogens is 295 g/mol. The number of pyridine rings is 1. The third-order valence-corrected chi connectivity index (χ3v) is 3.56. The van der Waals surface area contributed by atoms with E-state index in [2.05, 4.69) is 9.97 Å². The van der Waals surface area contributed by atoms with Gasteiger partial charge in [0.15, 0.2) is 5.69 Å². The van der Waals surface area contributed by atoms with Crippen molar-refractivity contribution in [1.29, 1.82) is 0 Å². The van der Waals surface area contributed by atoms with E-state index in [1.165, 1.54) is 12.4 Å². The lowest BCUT2D eigenvalue weighted by Crippen LogP contribution is -2.25. The molecule has 9 heteroatoms. The van der Waals surface area contributed by atoms with Gasteiger partial charge in [0.05, 0.1) is 0 Å². The molecule has 0 aliphatic rings. The number of carbonyl (C=O) groups is 1. The van der Waals surface area contributed by atoms with Gasteiger partial charge < -0.3 is 5.11 Å². The number of anilines is 1. The van der Waals surface area contributed by atoms with Crippen LogP contribution in [-0.2, 0) is 6.18 Å². The summed E-state index contributed by atoms with van der Waals surface area (Å²) < 4.78 is 38.7. The van der Waals surface area contributed by atoms with Crippen LogP contribution in [0, 0.1) is 0 Å². The topological polar surface area (TPSA) is 66.3 Å². The Morgan fingerprint density at radius 2 is 2.15 bits per heavy atom. The van der Waals surface area contributed by atoms with E-state index < -0.39 is 23.0 Å². The molecule has 0 aliphatic heterocycles. The fraction of sp³-hybridized carbons (Fsp3) is 0.182. The molecule has 0 saturated carbocycles. The summed E-state index contributed by atoms with van der Waals surface area (Å²) in [5.74, 6) is 0. The quantitative estimate of drug-likeness (QED) is 0.924. The van der Waals surface area contributed by atoms with Crippen molar-refractivity contribution in [1.82, 2.24) is 9.97 Å². The van der Waals surface area contributed by atoms with Crippen LogP contribution in [0.25, 0.3) is 10.6 Å². The maximum Gasteiger partial charge on any atom is 0.436 e. The van der Waals surface area contributed by atoms with E-state index in [9.17, 15) is 18.0 Å². The highest BCUT2D eigenvalue weighted by atomic mass is 32.1. The first kappa shape index (κ1) is 14.3. The van der Waals surface area contributed by atoms with E-state index in [4.69, 9.17) is 5.11 Å². The number of halogens is 3. The lowest BCUT2D eigenvalue weighted by atomic mass is 10.3. The smallest absolute Gasteiger partial charge is 0.436 e. The summed E-state index contributed by atoms with van der Waals surface area (Å²) in [5.41, 5.74) is -0.820. The van der Waals surface area contributed by atoms with Gasteiger partial charge in [-0.3, -0.25) is 9.88 Å².